The summed E-state index contributed by atoms with van der Waals surface area (Å²) in [6, 6.07) is 5.60. The van der Waals surface area contributed by atoms with Crippen LogP contribution >= 0.6 is 11.3 Å². The van der Waals surface area contributed by atoms with E-state index in [0.29, 0.717) is 28.3 Å². The van der Waals surface area contributed by atoms with E-state index >= 15 is 0 Å². The van der Waals surface area contributed by atoms with Gasteiger partial charge in [-0.2, -0.15) is 0 Å². The zero-order valence-corrected chi connectivity index (χ0v) is 15.9. The second-order valence-electron chi connectivity index (χ2n) is 5.75. The average molecular weight is 372 g/mol. The molecule has 0 aliphatic heterocycles. The van der Waals surface area contributed by atoms with Gasteiger partial charge in [0.2, 0.25) is 0 Å². The van der Waals surface area contributed by atoms with Crippen molar-refractivity contribution in [2.45, 2.75) is 20.4 Å². The first kappa shape index (κ1) is 18.0. The average Bonchev–Trinajstić information content (AvgIpc) is 2.95. The summed E-state index contributed by atoms with van der Waals surface area (Å²) in [5.41, 5.74) is 1.15. The van der Waals surface area contributed by atoms with Crippen LogP contribution in [0.4, 0.5) is 0 Å². The first-order valence-electron chi connectivity index (χ1n) is 8.15. The van der Waals surface area contributed by atoms with Gasteiger partial charge in [-0.1, -0.05) is 6.08 Å². The van der Waals surface area contributed by atoms with Crippen LogP contribution in [0.2, 0.25) is 0 Å². The Morgan fingerprint density at radius 3 is 2.35 bits per heavy atom. The lowest BCUT2D eigenvalue weighted by molar-refractivity contribution is 0.394. The molecule has 0 bridgehead atoms. The fourth-order valence-electron chi connectivity index (χ4n) is 2.81. The number of H-pyrrole nitrogens is 1. The molecule has 0 spiro atoms. The molecule has 6 nitrogen and oxygen atoms in total. The van der Waals surface area contributed by atoms with E-state index in [1.165, 1.54) is 15.9 Å². The second-order valence-corrected chi connectivity index (χ2v) is 6.81. The molecule has 1 N–H and O–H groups in total. The van der Waals surface area contributed by atoms with Gasteiger partial charge in [-0.05, 0) is 43.2 Å². The minimum absolute atomic E-state index is 0.248. The molecule has 3 aromatic rings. The smallest absolute Gasteiger partial charge is 0.329 e. The van der Waals surface area contributed by atoms with Gasteiger partial charge in [0.25, 0.3) is 5.56 Å². The molecule has 0 saturated heterocycles. The van der Waals surface area contributed by atoms with Crippen LogP contribution in [0.1, 0.15) is 22.9 Å². The number of methoxy groups -OCH3 is 2. The summed E-state index contributed by atoms with van der Waals surface area (Å²) in [4.78, 5) is 28.9. The van der Waals surface area contributed by atoms with Crippen LogP contribution in [0.3, 0.4) is 0 Å². The van der Waals surface area contributed by atoms with Crippen LogP contribution in [-0.2, 0) is 6.54 Å². The fourth-order valence-corrected chi connectivity index (χ4v) is 3.90. The Balaban J connectivity index is 2.08. The van der Waals surface area contributed by atoms with E-state index in [4.69, 9.17) is 9.47 Å². The van der Waals surface area contributed by atoms with Crippen molar-refractivity contribution in [2.24, 2.45) is 0 Å². The van der Waals surface area contributed by atoms with Crippen LogP contribution in [0.25, 0.3) is 22.4 Å². The summed E-state index contributed by atoms with van der Waals surface area (Å²) in [6.07, 6.45) is 3.86. The number of aromatic amines is 1. The van der Waals surface area contributed by atoms with Gasteiger partial charge in [0.15, 0.2) is 0 Å². The van der Waals surface area contributed by atoms with E-state index in [9.17, 15) is 9.59 Å². The molecule has 2 aromatic heterocycles. The lowest BCUT2D eigenvalue weighted by Crippen LogP contribution is -2.34. The van der Waals surface area contributed by atoms with Crippen molar-refractivity contribution in [3.63, 3.8) is 0 Å². The molecule has 2 heterocycles. The first-order chi connectivity index (χ1) is 12.5. The lowest BCUT2D eigenvalue weighted by atomic mass is 10.1. The summed E-state index contributed by atoms with van der Waals surface area (Å²) in [5, 5.41) is 0.569. The highest BCUT2D eigenvalue weighted by Gasteiger charge is 2.14. The Labute approximate surface area is 154 Å². The van der Waals surface area contributed by atoms with Crippen molar-refractivity contribution >= 4 is 33.7 Å². The van der Waals surface area contributed by atoms with Crippen LogP contribution < -0.4 is 20.7 Å². The number of aryl methyl sites for hydroxylation is 1. The topological polar surface area (TPSA) is 73.3 Å². The summed E-state index contributed by atoms with van der Waals surface area (Å²) in [6.45, 7) is 4.01. The molecule has 0 aliphatic carbocycles. The molecule has 0 saturated carbocycles. The summed E-state index contributed by atoms with van der Waals surface area (Å²) >= 11 is 1.39. The maximum absolute atomic E-state index is 12.5. The highest BCUT2D eigenvalue weighted by Crippen LogP contribution is 2.29. The Kier molecular flexibility index (Phi) is 4.99. The number of nitrogens with one attached hydrogen (secondary N) is 1. The van der Waals surface area contributed by atoms with Gasteiger partial charge in [0, 0.05) is 17.5 Å². The van der Waals surface area contributed by atoms with Gasteiger partial charge in [0.1, 0.15) is 16.3 Å². The van der Waals surface area contributed by atoms with Crippen molar-refractivity contribution < 1.29 is 9.47 Å². The fraction of sp³-hybridized carbons (Fsp3) is 0.263. The van der Waals surface area contributed by atoms with Gasteiger partial charge >= 0.3 is 5.69 Å². The van der Waals surface area contributed by atoms with Gasteiger partial charge in [0.05, 0.1) is 19.6 Å². The van der Waals surface area contributed by atoms with Crippen molar-refractivity contribution in [1.82, 2.24) is 9.55 Å². The van der Waals surface area contributed by atoms with Gasteiger partial charge in [-0.25, -0.2) is 4.79 Å². The van der Waals surface area contributed by atoms with E-state index in [2.05, 4.69) is 4.98 Å². The number of fused-ring (bicyclic) bond motifs is 1. The zero-order chi connectivity index (χ0) is 18.8. The maximum Gasteiger partial charge on any atom is 0.329 e. The van der Waals surface area contributed by atoms with Crippen LogP contribution in [0.15, 0.2) is 27.8 Å². The molecule has 1 aromatic carbocycles. The normalized spacial score (nSPS) is 11.4. The van der Waals surface area contributed by atoms with E-state index in [0.717, 1.165) is 16.0 Å². The molecule has 26 heavy (non-hydrogen) atoms. The van der Waals surface area contributed by atoms with E-state index < -0.39 is 0 Å². The summed E-state index contributed by atoms with van der Waals surface area (Å²) < 4.78 is 11.8. The van der Waals surface area contributed by atoms with Crippen LogP contribution in [-0.4, -0.2) is 23.8 Å². The minimum Gasteiger partial charge on any atom is -0.497 e. The highest BCUT2D eigenvalue weighted by molar-refractivity contribution is 7.19. The zero-order valence-electron chi connectivity index (χ0n) is 15.1. The Bertz CT molecular complexity index is 1080. The Morgan fingerprint density at radius 2 is 1.77 bits per heavy atom. The summed E-state index contributed by atoms with van der Waals surface area (Å²) in [7, 11) is 3.21. The SMILES string of the molecule is CCn1c(=O)[nH]c2sc(C=Cc3cc(OC)cc(OC)c3)c(C)c2c1=O. The molecular weight excluding hydrogens is 352 g/mol. The predicted octanol–water partition coefficient (Wildman–Crippen LogP) is 3.27. The molecular formula is C19H20N2O4S. The highest BCUT2D eigenvalue weighted by atomic mass is 32.1. The monoisotopic (exact) mass is 372 g/mol. The third-order valence-corrected chi connectivity index (χ3v) is 5.40. The van der Waals surface area contributed by atoms with Gasteiger partial charge in [-0.15, -0.1) is 11.3 Å². The number of nitrogens with zero attached hydrogens (tertiary/aromatic N) is 1. The van der Waals surface area contributed by atoms with Gasteiger partial charge < -0.3 is 9.47 Å². The number of hydrogen-bond acceptors (Lipinski definition) is 5. The van der Waals surface area contributed by atoms with Crippen molar-refractivity contribution in [3.8, 4) is 11.5 Å². The molecule has 0 unspecified atom stereocenters. The maximum atomic E-state index is 12.5. The third kappa shape index (κ3) is 3.17. The number of aromatic nitrogens is 2. The molecule has 7 heteroatoms. The molecule has 136 valence electrons. The molecule has 0 fully saturated rings. The van der Waals surface area contributed by atoms with Gasteiger partial charge in [-0.3, -0.25) is 14.3 Å². The van der Waals surface area contributed by atoms with Crippen molar-refractivity contribution in [1.29, 1.82) is 0 Å². The number of rotatable bonds is 5. The predicted molar refractivity (Wildman–Crippen MR) is 106 cm³/mol. The van der Waals surface area contributed by atoms with Crippen LogP contribution in [0, 0.1) is 6.92 Å². The Hall–Kier alpha value is -2.80. The largest absolute Gasteiger partial charge is 0.497 e. The number of thiophene rings is 1. The van der Waals surface area contributed by atoms with E-state index in [1.807, 2.05) is 31.2 Å². The molecule has 0 radical (unpaired) electrons. The lowest BCUT2D eigenvalue weighted by Gasteiger charge is -2.05. The standard InChI is InChI=1S/C19H20N2O4S/c1-5-21-18(22)16-11(2)15(26-17(16)20-19(21)23)7-6-12-8-13(24-3)10-14(9-12)25-4/h6-10H,5H2,1-4H3,(H,20,23). The number of ether oxygens (including phenoxy) is 2. The van der Waals surface area contributed by atoms with Crippen molar-refractivity contribution in [2.75, 3.05) is 14.2 Å². The molecule has 0 amide bonds. The molecule has 0 atom stereocenters. The minimum atomic E-state index is -0.376. The number of hydrogen-bond donors (Lipinski definition) is 1. The summed E-state index contributed by atoms with van der Waals surface area (Å²) in [5.74, 6) is 1.40. The number of benzene rings is 1. The van der Waals surface area contributed by atoms with Crippen LogP contribution in [0.5, 0.6) is 11.5 Å². The van der Waals surface area contributed by atoms with Crippen molar-refractivity contribution in [3.05, 3.63) is 55.0 Å². The Morgan fingerprint density at radius 1 is 1.12 bits per heavy atom. The molecule has 3 rings (SSSR count). The molecule has 0 aliphatic rings. The first-order valence-corrected chi connectivity index (χ1v) is 8.97. The second kappa shape index (κ2) is 7.21. The third-order valence-electron chi connectivity index (χ3n) is 4.23. The van der Waals surface area contributed by atoms with E-state index in [-0.39, 0.29) is 11.2 Å². The quantitative estimate of drug-likeness (QED) is 0.746. The van der Waals surface area contributed by atoms with E-state index in [1.54, 1.807) is 27.2 Å².